The maximum absolute atomic E-state index is 13.3. The van der Waals surface area contributed by atoms with Crippen molar-refractivity contribution in [2.45, 2.75) is 0 Å². The first kappa shape index (κ1) is 9.64. The van der Waals surface area contributed by atoms with E-state index in [9.17, 15) is 8.78 Å². The standard InChI is InChI=1S/C10H9F2N3/c1-13-10-14-5-9(15-10)7-4-6(11)2-3-8(7)12/h2-5H,1H3,(H2,13,14,15). The lowest BCUT2D eigenvalue weighted by atomic mass is 10.1. The summed E-state index contributed by atoms with van der Waals surface area (Å²) in [5.74, 6) is -0.455. The van der Waals surface area contributed by atoms with E-state index < -0.39 is 11.6 Å². The van der Waals surface area contributed by atoms with Crippen LogP contribution in [0, 0.1) is 11.6 Å². The quantitative estimate of drug-likeness (QED) is 0.797. The zero-order chi connectivity index (χ0) is 10.8. The number of aromatic nitrogens is 2. The SMILES string of the molecule is CNc1ncc(-c2cc(F)ccc2F)[nH]1. The average Bonchev–Trinajstić information content (AvgIpc) is 2.70. The minimum absolute atomic E-state index is 0.170. The third-order valence-electron chi connectivity index (χ3n) is 2.03. The van der Waals surface area contributed by atoms with Gasteiger partial charge in [-0.2, -0.15) is 0 Å². The molecule has 0 amide bonds. The van der Waals surface area contributed by atoms with E-state index in [4.69, 9.17) is 0 Å². The normalized spacial score (nSPS) is 10.3. The molecule has 0 saturated heterocycles. The van der Waals surface area contributed by atoms with Crippen LogP contribution in [0.4, 0.5) is 14.7 Å². The van der Waals surface area contributed by atoms with Crippen LogP contribution in [0.5, 0.6) is 0 Å². The number of anilines is 1. The Labute approximate surface area is 85.2 Å². The number of hydrogen-bond acceptors (Lipinski definition) is 2. The van der Waals surface area contributed by atoms with Gasteiger partial charge in [0.25, 0.3) is 0 Å². The highest BCUT2D eigenvalue weighted by Gasteiger charge is 2.08. The first-order valence-corrected chi connectivity index (χ1v) is 4.39. The molecular formula is C10H9F2N3. The van der Waals surface area contributed by atoms with Crippen molar-refractivity contribution in [1.82, 2.24) is 9.97 Å². The van der Waals surface area contributed by atoms with Gasteiger partial charge in [-0.3, -0.25) is 0 Å². The number of rotatable bonds is 2. The van der Waals surface area contributed by atoms with Gasteiger partial charge in [0.05, 0.1) is 11.9 Å². The molecule has 0 aliphatic rings. The van der Waals surface area contributed by atoms with Gasteiger partial charge in [0.2, 0.25) is 0 Å². The maximum Gasteiger partial charge on any atom is 0.200 e. The molecule has 2 aromatic rings. The van der Waals surface area contributed by atoms with Crippen LogP contribution in [0.25, 0.3) is 11.3 Å². The molecule has 0 fully saturated rings. The number of H-pyrrole nitrogens is 1. The number of aromatic amines is 1. The van der Waals surface area contributed by atoms with Gasteiger partial charge in [-0.05, 0) is 18.2 Å². The molecule has 0 saturated carbocycles. The second-order valence-electron chi connectivity index (χ2n) is 3.02. The number of benzene rings is 1. The lowest BCUT2D eigenvalue weighted by molar-refractivity contribution is 0.603. The van der Waals surface area contributed by atoms with E-state index in [1.807, 2.05) is 0 Å². The molecule has 15 heavy (non-hydrogen) atoms. The topological polar surface area (TPSA) is 40.7 Å². The molecule has 0 bridgehead atoms. The van der Waals surface area contributed by atoms with Crippen molar-refractivity contribution in [2.24, 2.45) is 0 Å². The summed E-state index contributed by atoms with van der Waals surface area (Å²) in [5.41, 5.74) is 0.611. The fourth-order valence-corrected chi connectivity index (χ4v) is 1.29. The predicted molar refractivity (Wildman–Crippen MR) is 53.5 cm³/mol. The monoisotopic (exact) mass is 209 g/mol. The summed E-state index contributed by atoms with van der Waals surface area (Å²) >= 11 is 0. The zero-order valence-corrected chi connectivity index (χ0v) is 8.01. The van der Waals surface area contributed by atoms with Crippen molar-refractivity contribution in [3.63, 3.8) is 0 Å². The third kappa shape index (κ3) is 1.81. The van der Waals surface area contributed by atoms with E-state index in [0.29, 0.717) is 11.6 Å². The van der Waals surface area contributed by atoms with Gasteiger partial charge in [0.15, 0.2) is 5.95 Å². The average molecular weight is 209 g/mol. The summed E-state index contributed by atoms with van der Waals surface area (Å²) in [7, 11) is 1.69. The molecule has 0 atom stereocenters. The summed E-state index contributed by atoms with van der Waals surface area (Å²) in [6, 6.07) is 3.29. The van der Waals surface area contributed by atoms with Crippen LogP contribution >= 0.6 is 0 Å². The lowest BCUT2D eigenvalue weighted by Gasteiger charge is -1.99. The van der Waals surface area contributed by atoms with Crippen molar-refractivity contribution >= 4 is 5.95 Å². The van der Waals surface area contributed by atoms with Crippen molar-refractivity contribution in [3.05, 3.63) is 36.0 Å². The molecule has 0 aliphatic carbocycles. The van der Waals surface area contributed by atoms with Gasteiger partial charge in [-0.15, -0.1) is 0 Å². The Morgan fingerprint density at radius 1 is 1.33 bits per heavy atom. The first-order chi connectivity index (χ1) is 7.20. The van der Waals surface area contributed by atoms with Crippen molar-refractivity contribution < 1.29 is 8.78 Å². The van der Waals surface area contributed by atoms with E-state index in [-0.39, 0.29) is 5.56 Å². The number of nitrogens with one attached hydrogen (secondary N) is 2. The highest BCUT2D eigenvalue weighted by molar-refractivity contribution is 5.61. The Kier molecular flexibility index (Phi) is 2.37. The molecule has 5 heteroatoms. The Balaban J connectivity index is 2.48. The fraction of sp³-hybridized carbons (Fsp3) is 0.100. The van der Waals surface area contributed by atoms with Crippen molar-refractivity contribution in [3.8, 4) is 11.3 Å². The van der Waals surface area contributed by atoms with E-state index in [0.717, 1.165) is 18.2 Å². The first-order valence-electron chi connectivity index (χ1n) is 4.39. The summed E-state index contributed by atoms with van der Waals surface area (Å²) in [5, 5.41) is 2.77. The second-order valence-corrected chi connectivity index (χ2v) is 3.02. The number of imidazole rings is 1. The maximum atomic E-state index is 13.3. The van der Waals surface area contributed by atoms with Gasteiger partial charge >= 0.3 is 0 Å². The van der Waals surface area contributed by atoms with Gasteiger partial charge in [0, 0.05) is 12.6 Å². The Morgan fingerprint density at radius 3 is 2.80 bits per heavy atom. The fourth-order valence-electron chi connectivity index (χ4n) is 1.29. The van der Waals surface area contributed by atoms with E-state index in [1.54, 1.807) is 7.05 Å². The van der Waals surface area contributed by atoms with Gasteiger partial charge < -0.3 is 10.3 Å². The third-order valence-corrected chi connectivity index (χ3v) is 2.03. The summed E-state index contributed by atoms with van der Waals surface area (Å²) in [4.78, 5) is 6.74. The summed E-state index contributed by atoms with van der Waals surface area (Å²) in [6.45, 7) is 0. The molecule has 1 aromatic heterocycles. The number of halogens is 2. The highest BCUT2D eigenvalue weighted by atomic mass is 19.1. The molecule has 0 radical (unpaired) electrons. The molecular weight excluding hydrogens is 200 g/mol. The number of hydrogen-bond donors (Lipinski definition) is 2. The minimum atomic E-state index is -0.484. The largest absolute Gasteiger partial charge is 0.359 e. The Morgan fingerprint density at radius 2 is 2.13 bits per heavy atom. The van der Waals surface area contributed by atoms with Crippen LogP contribution in [0.3, 0.4) is 0 Å². The summed E-state index contributed by atoms with van der Waals surface area (Å²) in [6.07, 6.45) is 1.45. The molecule has 2 N–H and O–H groups in total. The zero-order valence-electron chi connectivity index (χ0n) is 8.01. The van der Waals surface area contributed by atoms with Gasteiger partial charge in [-0.25, -0.2) is 13.8 Å². The van der Waals surface area contributed by atoms with E-state index >= 15 is 0 Å². The van der Waals surface area contributed by atoms with Crippen molar-refractivity contribution in [1.29, 1.82) is 0 Å². The molecule has 3 nitrogen and oxygen atoms in total. The lowest BCUT2D eigenvalue weighted by Crippen LogP contribution is -1.90. The highest BCUT2D eigenvalue weighted by Crippen LogP contribution is 2.22. The van der Waals surface area contributed by atoms with Crippen LogP contribution in [0.2, 0.25) is 0 Å². The molecule has 1 heterocycles. The Hall–Kier alpha value is -1.91. The second kappa shape index (κ2) is 3.68. The molecule has 0 aliphatic heterocycles. The van der Waals surface area contributed by atoms with E-state index in [1.165, 1.54) is 6.20 Å². The Bertz CT molecular complexity index is 479. The van der Waals surface area contributed by atoms with Crippen molar-refractivity contribution in [2.75, 3.05) is 12.4 Å². The molecule has 2 rings (SSSR count). The van der Waals surface area contributed by atoms with Crippen LogP contribution in [0.15, 0.2) is 24.4 Å². The molecule has 0 unspecified atom stereocenters. The van der Waals surface area contributed by atoms with Crippen LogP contribution in [0.1, 0.15) is 0 Å². The molecule has 78 valence electrons. The van der Waals surface area contributed by atoms with Gasteiger partial charge in [-0.1, -0.05) is 0 Å². The number of nitrogens with zero attached hydrogens (tertiary/aromatic N) is 1. The molecule has 0 spiro atoms. The van der Waals surface area contributed by atoms with Crippen LogP contribution in [-0.2, 0) is 0 Å². The van der Waals surface area contributed by atoms with Crippen LogP contribution in [-0.4, -0.2) is 17.0 Å². The smallest absolute Gasteiger partial charge is 0.200 e. The molecule has 1 aromatic carbocycles. The summed E-state index contributed by atoms with van der Waals surface area (Å²) < 4.78 is 26.2. The van der Waals surface area contributed by atoms with E-state index in [2.05, 4.69) is 15.3 Å². The van der Waals surface area contributed by atoms with Gasteiger partial charge in [0.1, 0.15) is 11.6 Å². The minimum Gasteiger partial charge on any atom is -0.359 e. The predicted octanol–water partition coefficient (Wildman–Crippen LogP) is 2.40. The van der Waals surface area contributed by atoms with Crippen LogP contribution < -0.4 is 5.32 Å².